The van der Waals surface area contributed by atoms with E-state index in [1.807, 2.05) is 11.6 Å². The van der Waals surface area contributed by atoms with E-state index in [2.05, 4.69) is 28.0 Å². The molecule has 2 N–H and O–H groups in total. The van der Waals surface area contributed by atoms with Gasteiger partial charge in [-0.2, -0.15) is 5.10 Å². The van der Waals surface area contributed by atoms with Gasteiger partial charge in [-0.3, -0.25) is 4.68 Å². The topological polar surface area (TPSA) is 53.1 Å². The van der Waals surface area contributed by atoms with Gasteiger partial charge in [-0.25, -0.2) is 0 Å². The second kappa shape index (κ2) is 5.31. The minimum Gasteiger partial charge on any atom is -0.377 e. The summed E-state index contributed by atoms with van der Waals surface area (Å²) in [5.74, 6) is 0. The van der Waals surface area contributed by atoms with Crippen molar-refractivity contribution in [3.05, 3.63) is 15.9 Å². The summed E-state index contributed by atoms with van der Waals surface area (Å²) in [4.78, 5) is 0. The van der Waals surface area contributed by atoms with Gasteiger partial charge in [-0.1, -0.05) is 0 Å². The van der Waals surface area contributed by atoms with Gasteiger partial charge in [0.25, 0.3) is 0 Å². The van der Waals surface area contributed by atoms with Gasteiger partial charge in [0.15, 0.2) is 0 Å². The van der Waals surface area contributed by atoms with Gasteiger partial charge in [0, 0.05) is 26.1 Å². The van der Waals surface area contributed by atoms with Crippen molar-refractivity contribution in [2.24, 2.45) is 5.73 Å². The number of aromatic nitrogens is 2. The zero-order valence-electron chi connectivity index (χ0n) is 11.4. The van der Waals surface area contributed by atoms with E-state index in [1.165, 1.54) is 12.1 Å². The molecule has 0 bridgehead atoms. The molecule has 5 heteroatoms. The maximum absolute atomic E-state index is 6.37. The Bertz CT molecular complexity index is 421. The monoisotopic (exact) mass is 315 g/mol. The van der Waals surface area contributed by atoms with Gasteiger partial charge >= 0.3 is 0 Å². The van der Waals surface area contributed by atoms with Gasteiger partial charge in [-0.15, -0.1) is 0 Å². The molecule has 4 nitrogen and oxygen atoms in total. The quantitative estimate of drug-likeness (QED) is 0.907. The van der Waals surface area contributed by atoms with Gasteiger partial charge in [0.1, 0.15) is 0 Å². The summed E-state index contributed by atoms with van der Waals surface area (Å²) < 4.78 is 8.78. The van der Waals surface area contributed by atoms with Crippen LogP contribution in [0, 0.1) is 6.92 Å². The summed E-state index contributed by atoms with van der Waals surface area (Å²) >= 11 is 3.62. The molecule has 1 aromatic heterocycles. The molecule has 2 rings (SSSR count). The van der Waals surface area contributed by atoms with E-state index in [1.54, 1.807) is 7.11 Å². The van der Waals surface area contributed by atoms with Crippen LogP contribution in [0.3, 0.4) is 0 Å². The highest BCUT2D eigenvalue weighted by Crippen LogP contribution is 2.39. The van der Waals surface area contributed by atoms with E-state index in [-0.39, 0.29) is 11.6 Å². The van der Waals surface area contributed by atoms with Crippen LogP contribution < -0.4 is 5.73 Å². The van der Waals surface area contributed by atoms with E-state index < -0.39 is 0 Å². The Morgan fingerprint density at radius 3 is 2.67 bits per heavy atom. The molecule has 1 aromatic rings. The molecule has 102 valence electrons. The average molecular weight is 316 g/mol. The van der Waals surface area contributed by atoms with Crippen LogP contribution in [0.5, 0.6) is 0 Å². The highest BCUT2D eigenvalue weighted by atomic mass is 79.9. The third kappa shape index (κ3) is 2.24. The van der Waals surface area contributed by atoms with Crippen LogP contribution in [0.2, 0.25) is 0 Å². The smallest absolute Gasteiger partial charge is 0.0832 e. The van der Waals surface area contributed by atoms with Gasteiger partial charge < -0.3 is 10.5 Å². The maximum Gasteiger partial charge on any atom is 0.0832 e. The van der Waals surface area contributed by atoms with Crippen LogP contribution in [0.4, 0.5) is 0 Å². The lowest BCUT2D eigenvalue weighted by molar-refractivity contribution is -0.0900. The number of aryl methyl sites for hydroxylation is 2. The number of hydrogen-bond donors (Lipinski definition) is 1. The molecule has 18 heavy (non-hydrogen) atoms. The third-order valence-corrected chi connectivity index (χ3v) is 5.18. The summed E-state index contributed by atoms with van der Waals surface area (Å²) in [6, 6.07) is 0.0361. The molecule has 1 heterocycles. The maximum atomic E-state index is 6.37. The van der Waals surface area contributed by atoms with Gasteiger partial charge in [0.05, 0.1) is 21.5 Å². The lowest BCUT2D eigenvalue weighted by Crippen LogP contribution is -2.55. The molecular weight excluding hydrogens is 294 g/mol. The molecule has 0 aromatic carbocycles. The van der Waals surface area contributed by atoms with Crippen molar-refractivity contribution in [3.63, 3.8) is 0 Å². The largest absolute Gasteiger partial charge is 0.377 e. The van der Waals surface area contributed by atoms with Crippen LogP contribution in [0.15, 0.2) is 4.47 Å². The normalized spacial score (nSPS) is 19.6. The fourth-order valence-corrected chi connectivity index (χ4v) is 3.16. The van der Waals surface area contributed by atoms with Crippen LogP contribution in [0.1, 0.15) is 37.6 Å². The minimum absolute atomic E-state index is 0.0361. The van der Waals surface area contributed by atoms with Crippen LogP contribution in [0.25, 0.3) is 0 Å². The molecule has 1 aliphatic rings. The summed E-state index contributed by atoms with van der Waals surface area (Å²) in [5.41, 5.74) is 8.47. The Labute approximate surface area is 117 Å². The SMILES string of the molecule is CCn1nc(C)c(Br)c1CC(N)C1(OC)CCC1. The summed E-state index contributed by atoms with van der Waals surface area (Å²) in [7, 11) is 1.77. The molecule has 0 amide bonds. The minimum atomic E-state index is -0.115. The number of hydrogen-bond acceptors (Lipinski definition) is 3. The molecular formula is C13H22BrN3O. The highest BCUT2D eigenvalue weighted by molar-refractivity contribution is 9.10. The fourth-order valence-electron chi connectivity index (χ4n) is 2.71. The van der Waals surface area contributed by atoms with E-state index >= 15 is 0 Å². The second-order valence-electron chi connectivity index (χ2n) is 5.09. The number of ether oxygens (including phenoxy) is 1. The molecule has 0 radical (unpaired) electrons. The van der Waals surface area contributed by atoms with Crippen molar-refractivity contribution in [2.45, 2.75) is 57.7 Å². The molecule has 0 aliphatic heterocycles. The van der Waals surface area contributed by atoms with E-state index in [9.17, 15) is 0 Å². The predicted molar refractivity (Wildman–Crippen MR) is 75.6 cm³/mol. The summed E-state index contributed by atoms with van der Waals surface area (Å²) in [6.45, 7) is 4.98. The second-order valence-corrected chi connectivity index (χ2v) is 5.89. The Kier molecular flexibility index (Phi) is 4.14. The van der Waals surface area contributed by atoms with Crippen molar-refractivity contribution in [3.8, 4) is 0 Å². The Balaban J connectivity index is 2.18. The van der Waals surface area contributed by atoms with E-state index in [0.717, 1.165) is 36.0 Å². The molecule has 1 saturated carbocycles. The van der Waals surface area contributed by atoms with Crippen LogP contribution >= 0.6 is 15.9 Å². The number of nitrogens with two attached hydrogens (primary N) is 1. The van der Waals surface area contributed by atoms with Crippen LogP contribution in [-0.2, 0) is 17.7 Å². The van der Waals surface area contributed by atoms with Crippen LogP contribution in [-0.4, -0.2) is 28.5 Å². The van der Waals surface area contributed by atoms with Crippen molar-refractivity contribution in [1.82, 2.24) is 9.78 Å². The first-order valence-electron chi connectivity index (χ1n) is 6.56. The first-order chi connectivity index (χ1) is 8.54. The summed E-state index contributed by atoms with van der Waals surface area (Å²) in [6.07, 6.45) is 4.17. The Hall–Kier alpha value is -0.390. The van der Waals surface area contributed by atoms with Crippen molar-refractivity contribution in [1.29, 1.82) is 0 Å². The number of nitrogens with zero attached hydrogens (tertiary/aromatic N) is 2. The number of halogens is 1. The zero-order valence-corrected chi connectivity index (χ0v) is 13.0. The predicted octanol–water partition coefficient (Wildman–Crippen LogP) is 2.41. The standard InChI is InChI=1S/C13H22BrN3O/c1-4-17-10(12(14)9(2)16-17)8-11(15)13(18-3)6-5-7-13/h11H,4-8,15H2,1-3H3. The first-order valence-corrected chi connectivity index (χ1v) is 7.36. The Morgan fingerprint density at radius 1 is 1.56 bits per heavy atom. The summed E-state index contributed by atoms with van der Waals surface area (Å²) in [5, 5.41) is 4.51. The van der Waals surface area contributed by atoms with E-state index in [0.29, 0.717) is 0 Å². The molecule has 0 saturated heterocycles. The van der Waals surface area contributed by atoms with Gasteiger partial charge in [-0.05, 0) is 49.0 Å². The Morgan fingerprint density at radius 2 is 2.22 bits per heavy atom. The first kappa shape index (κ1) is 14.0. The molecule has 1 atom stereocenters. The third-order valence-electron chi connectivity index (χ3n) is 4.15. The lowest BCUT2D eigenvalue weighted by Gasteiger charge is -2.45. The molecule has 1 unspecified atom stereocenters. The highest BCUT2D eigenvalue weighted by Gasteiger charge is 2.43. The van der Waals surface area contributed by atoms with Crippen molar-refractivity contribution < 1.29 is 4.74 Å². The fraction of sp³-hybridized carbons (Fsp3) is 0.769. The van der Waals surface area contributed by atoms with Gasteiger partial charge in [0.2, 0.25) is 0 Å². The lowest BCUT2D eigenvalue weighted by atomic mass is 9.73. The molecule has 0 spiro atoms. The average Bonchev–Trinajstić information content (AvgIpc) is 2.56. The van der Waals surface area contributed by atoms with Crippen molar-refractivity contribution >= 4 is 15.9 Å². The van der Waals surface area contributed by atoms with E-state index in [4.69, 9.17) is 10.5 Å². The number of methoxy groups -OCH3 is 1. The number of rotatable bonds is 5. The zero-order chi connectivity index (χ0) is 13.3. The molecule has 1 aliphatic carbocycles. The van der Waals surface area contributed by atoms with Crippen molar-refractivity contribution in [2.75, 3.05) is 7.11 Å². The molecule has 1 fully saturated rings.